The van der Waals surface area contributed by atoms with E-state index in [4.69, 9.17) is 18.9 Å². The lowest BCUT2D eigenvalue weighted by Gasteiger charge is -2.48. The lowest BCUT2D eigenvalue weighted by atomic mass is 9.59. The van der Waals surface area contributed by atoms with Crippen LogP contribution in [0.25, 0.3) is 0 Å². The van der Waals surface area contributed by atoms with Gasteiger partial charge in [0.1, 0.15) is 13.2 Å². The molecule has 9 heteroatoms. The Kier molecular flexibility index (Phi) is 15.4. The van der Waals surface area contributed by atoms with Gasteiger partial charge in [0.25, 0.3) is 0 Å². The summed E-state index contributed by atoms with van der Waals surface area (Å²) in [4.78, 5) is 37.4. The smallest absolute Gasteiger partial charge is 0.333 e. The van der Waals surface area contributed by atoms with Gasteiger partial charge in [-0.15, -0.1) is 0 Å². The Morgan fingerprint density at radius 3 is 2.00 bits per heavy atom. The first-order chi connectivity index (χ1) is 17.9. The number of rotatable bonds is 19. The van der Waals surface area contributed by atoms with Gasteiger partial charge < -0.3 is 18.9 Å². The minimum absolute atomic E-state index is 0.0879. The van der Waals surface area contributed by atoms with Crippen molar-refractivity contribution in [2.75, 3.05) is 38.8 Å². The van der Waals surface area contributed by atoms with Crippen molar-refractivity contribution in [1.29, 1.82) is 5.26 Å². The maximum Gasteiger partial charge on any atom is 0.333 e. The molecule has 0 aliphatic carbocycles. The third-order valence-corrected chi connectivity index (χ3v) is 9.49. The maximum absolute atomic E-state index is 13.5. The van der Waals surface area contributed by atoms with Gasteiger partial charge in [0.15, 0.2) is 0 Å². The van der Waals surface area contributed by atoms with Gasteiger partial charge in [-0.2, -0.15) is 17.0 Å². The average Bonchev–Trinajstić information content (AvgIpc) is 2.85. The van der Waals surface area contributed by atoms with Gasteiger partial charge in [-0.1, -0.05) is 40.7 Å². The van der Waals surface area contributed by atoms with E-state index in [1.54, 1.807) is 13.8 Å². The van der Waals surface area contributed by atoms with Crippen molar-refractivity contribution in [2.45, 2.75) is 93.2 Å². The molecule has 0 N–H and O–H groups in total. The van der Waals surface area contributed by atoms with Crippen LogP contribution in [0, 0.1) is 33.5 Å². The molecule has 39 heavy (non-hydrogen) atoms. The largest absolute Gasteiger partial charge is 0.465 e. The highest BCUT2D eigenvalue weighted by molar-refractivity contribution is 8.00. The number of thioether (sulfide) groups is 1. The van der Waals surface area contributed by atoms with Crippen LogP contribution >= 0.6 is 11.8 Å². The van der Waals surface area contributed by atoms with Gasteiger partial charge in [0.2, 0.25) is 0 Å². The third-order valence-electron chi connectivity index (χ3n) is 7.66. The van der Waals surface area contributed by atoms with E-state index in [0.717, 1.165) is 12.8 Å². The molecule has 0 bridgehead atoms. The van der Waals surface area contributed by atoms with Gasteiger partial charge in [0, 0.05) is 16.1 Å². The number of hydrogen-bond donors (Lipinski definition) is 0. The first kappa shape index (κ1) is 37.0. The Labute approximate surface area is 240 Å². The third kappa shape index (κ3) is 11.5. The number of carbonyl (C=O) groups is 3. The summed E-state index contributed by atoms with van der Waals surface area (Å²) in [6, 6.07) is 2.40. The quantitative estimate of drug-likeness (QED) is 0.0784. The zero-order valence-corrected chi connectivity index (χ0v) is 26.7. The molecule has 2 unspecified atom stereocenters. The lowest BCUT2D eigenvalue weighted by Crippen LogP contribution is -2.51. The second-order valence-corrected chi connectivity index (χ2v) is 13.7. The van der Waals surface area contributed by atoms with Crippen LogP contribution in [0.1, 0.15) is 88.5 Å². The van der Waals surface area contributed by atoms with Crippen molar-refractivity contribution in [3.8, 4) is 6.07 Å². The van der Waals surface area contributed by atoms with Crippen molar-refractivity contribution in [3.05, 3.63) is 12.2 Å². The number of hydrogen-bond acceptors (Lipinski definition) is 9. The monoisotopic (exact) mass is 569 g/mol. The van der Waals surface area contributed by atoms with E-state index in [9.17, 15) is 19.6 Å². The van der Waals surface area contributed by atoms with E-state index < -0.39 is 32.9 Å². The number of ether oxygens (including phenoxy) is 4. The molecule has 0 radical (unpaired) electrons. The van der Waals surface area contributed by atoms with E-state index in [2.05, 4.69) is 12.6 Å². The summed E-state index contributed by atoms with van der Waals surface area (Å²) in [6.45, 7) is 23.6. The minimum Gasteiger partial charge on any atom is -0.465 e. The Morgan fingerprint density at radius 1 is 0.923 bits per heavy atom. The van der Waals surface area contributed by atoms with Crippen LogP contribution in [0.2, 0.25) is 0 Å². The zero-order chi connectivity index (χ0) is 30.5. The Balaban J connectivity index is 5.17. The topological polar surface area (TPSA) is 112 Å². The normalized spacial score (nSPS) is 14.5. The fourth-order valence-corrected chi connectivity index (χ4v) is 4.85. The van der Waals surface area contributed by atoms with Gasteiger partial charge in [0.05, 0.1) is 42.6 Å². The molecule has 0 saturated carbocycles. The fraction of sp³-hybridized carbons (Fsp3) is 0.800. The summed E-state index contributed by atoms with van der Waals surface area (Å²) < 4.78 is 20.7. The SMILES string of the molecule is C=C(C)C(=O)OCCOCCOC(=O)C(C)CSC(C)(C)C(C)(CC(C)(C)C(C)(C)C#N)C(=O)OCCCC. The summed E-state index contributed by atoms with van der Waals surface area (Å²) in [5.41, 5.74) is -1.73. The van der Waals surface area contributed by atoms with Gasteiger partial charge in [-0.05, 0) is 59.8 Å². The van der Waals surface area contributed by atoms with Crippen molar-refractivity contribution in [2.24, 2.45) is 22.2 Å². The van der Waals surface area contributed by atoms with E-state index in [0.29, 0.717) is 24.4 Å². The minimum atomic E-state index is -0.909. The first-order valence-corrected chi connectivity index (χ1v) is 14.7. The molecule has 0 spiro atoms. The number of unbranched alkanes of at least 4 members (excludes halogenated alkanes) is 1. The van der Waals surface area contributed by atoms with Crippen LogP contribution in [0.3, 0.4) is 0 Å². The molecular weight excluding hydrogens is 518 g/mol. The van der Waals surface area contributed by atoms with Crippen LogP contribution in [0.4, 0.5) is 0 Å². The summed E-state index contributed by atoms with van der Waals surface area (Å²) in [5.74, 6) is -1.06. The highest BCUT2D eigenvalue weighted by Crippen LogP contribution is 2.54. The molecule has 0 amide bonds. The van der Waals surface area contributed by atoms with Gasteiger partial charge in [-0.25, -0.2) is 4.79 Å². The molecule has 224 valence electrons. The first-order valence-electron chi connectivity index (χ1n) is 13.7. The second kappa shape index (κ2) is 16.3. The van der Waals surface area contributed by atoms with E-state index >= 15 is 0 Å². The molecule has 0 aliphatic rings. The van der Waals surface area contributed by atoms with Crippen LogP contribution in [0.5, 0.6) is 0 Å². The lowest BCUT2D eigenvalue weighted by molar-refractivity contribution is -0.160. The molecule has 0 saturated heterocycles. The van der Waals surface area contributed by atoms with E-state index in [-0.39, 0.29) is 38.4 Å². The molecule has 0 fully saturated rings. The number of esters is 3. The second-order valence-electron chi connectivity index (χ2n) is 12.0. The summed E-state index contributed by atoms with van der Waals surface area (Å²) >= 11 is 1.53. The highest BCUT2D eigenvalue weighted by Gasteiger charge is 2.54. The predicted molar refractivity (Wildman–Crippen MR) is 155 cm³/mol. The van der Waals surface area contributed by atoms with Crippen LogP contribution in [-0.4, -0.2) is 61.4 Å². The molecule has 0 aromatic carbocycles. The van der Waals surface area contributed by atoms with Crippen molar-refractivity contribution in [3.63, 3.8) is 0 Å². The van der Waals surface area contributed by atoms with Crippen LogP contribution in [0.15, 0.2) is 12.2 Å². The number of carbonyl (C=O) groups excluding carboxylic acids is 3. The Morgan fingerprint density at radius 2 is 1.49 bits per heavy atom. The highest BCUT2D eigenvalue weighted by atomic mass is 32.2. The van der Waals surface area contributed by atoms with Crippen molar-refractivity contribution >= 4 is 29.7 Å². The van der Waals surface area contributed by atoms with E-state index in [1.807, 2.05) is 55.4 Å². The molecule has 0 heterocycles. The molecule has 0 aliphatic heterocycles. The Hall–Kier alpha value is -2.05. The van der Waals surface area contributed by atoms with Crippen molar-refractivity contribution in [1.82, 2.24) is 0 Å². The van der Waals surface area contributed by atoms with Crippen LogP contribution in [-0.2, 0) is 33.3 Å². The van der Waals surface area contributed by atoms with Crippen LogP contribution < -0.4 is 0 Å². The average molecular weight is 570 g/mol. The van der Waals surface area contributed by atoms with E-state index in [1.165, 1.54) is 11.8 Å². The van der Waals surface area contributed by atoms with Gasteiger partial charge >= 0.3 is 17.9 Å². The Bertz CT molecular complexity index is 875. The number of nitrogens with zero attached hydrogens (tertiary/aromatic N) is 1. The van der Waals surface area contributed by atoms with Crippen molar-refractivity contribution < 1.29 is 33.3 Å². The maximum atomic E-state index is 13.5. The fourth-order valence-electron chi connectivity index (χ4n) is 3.58. The zero-order valence-electron chi connectivity index (χ0n) is 25.9. The molecule has 2 atom stereocenters. The van der Waals surface area contributed by atoms with Gasteiger partial charge in [-0.3, -0.25) is 9.59 Å². The summed E-state index contributed by atoms with van der Waals surface area (Å²) in [7, 11) is 0. The summed E-state index contributed by atoms with van der Waals surface area (Å²) in [5, 5.41) is 9.80. The molecule has 8 nitrogen and oxygen atoms in total. The number of nitriles is 1. The molecule has 0 aromatic rings. The molecule has 0 rings (SSSR count). The summed E-state index contributed by atoms with van der Waals surface area (Å²) in [6.07, 6.45) is 2.15. The molecular formula is C30H51NO7S. The standard InChI is InChI=1S/C30H51NO7S/c1-12-13-14-38-26(34)30(11,20-27(5,6)28(7,8)21-31)29(9,10)39-19-23(4)25(33)37-18-16-35-15-17-36-24(32)22(2)3/h23H,2,12-20H2,1,3-11H3. The predicted octanol–water partition coefficient (Wildman–Crippen LogP) is 6.13. The molecule has 0 aromatic heterocycles.